The molecule has 6 aliphatic rings. The summed E-state index contributed by atoms with van der Waals surface area (Å²) in [6.45, 7) is 16.3. The second-order valence-electron chi connectivity index (χ2n) is 20.7. The minimum atomic E-state index is -3.19. The van der Waals surface area contributed by atoms with E-state index in [2.05, 4.69) is 71.8 Å². The first-order chi connectivity index (χ1) is 30.8. The predicted molar refractivity (Wildman–Crippen MR) is 331 cm³/mol. The van der Waals surface area contributed by atoms with Crippen LogP contribution in [0.25, 0.3) is 0 Å². The molecule has 9 atom stereocenters. The molecule has 24 heteroatoms. The van der Waals surface area contributed by atoms with Gasteiger partial charge in [-0.15, -0.1) is 24.0 Å². The zero-order chi connectivity index (χ0) is 51.3. The molecule has 0 aromatic rings. The van der Waals surface area contributed by atoms with E-state index in [9.17, 15) is 34.8 Å². The molecule has 6 bridgehead atoms. The van der Waals surface area contributed by atoms with Crippen LogP contribution in [0.1, 0.15) is 172 Å². The van der Waals surface area contributed by atoms with E-state index in [4.69, 9.17) is 9.47 Å². The molecular weight excluding hydrogens is 1540 g/mol. The molecule has 2 saturated carbocycles. The Balaban J connectivity index is 0.000000912. The van der Waals surface area contributed by atoms with Crippen LogP contribution in [0.2, 0.25) is 0 Å². The van der Waals surface area contributed by atoms with Gasteiger partial charge in [0.15, 0.2) is 0 Å². The first kappa shape index (κ1) is 71.2. The summed E-state index contributed by atoms with van der Waals surface area (Å²) in [4.78, 5) is 27.9. The fraction of sp³-hybridized carbons (Fsp3) is 0.956. The normalized spacial score (nSPS) is 28.1. The van der Waals surface area contributed by atoms with Crippen LogP contribution < -0.4 is 5.32 Å². The van der Waals surface area contributed by atoms with Crippen molar-refractivity contribution in [2.24, 2.45) is 11.8 Å². The van der Waals surface area contributed by atoms with Crippen LogP contribution in [0.15, 0.2) is 0 Å². The fourth-order valence-electron chi connectivity index (χ4n) is 10.4. The van der Waals surface area contributed by atoms with Gasteiger partial charge in [0, 0.05) is 67.1 Å². The van der Waals surface area contributed by atoms with Crippen molar-refractivity contribution >= 4 is 140 Å². The van der Waals surface area contributed by atoms with Gasteiger partial charge in [-0.25, -0.2) is 34.8 Å². The summed E-state index contributed by atoms with van der Waals surface area (Å²) < 4.78 is 82.9. The molecule has 0 aromatic heterocycles. The monoisotopic (exact) mass is 1630 g/mol. The molecule has 3 unspecified atom stereocenters. The van der Waals surface area contributed by atoms with Crippen LogP contribution in [-0.2, 0) is 38.6 Å². The van der Waals surface area contributed by atoms with Crippen molar-refractivity contribution in [2.75, 3.05) is 38.4 Å². The molecule has 414 valence electrons. The second-order valence-corrected chi connectivity index (χ2v) is 76.8. The zero-order valence-corrected chi connectivity index (χ0v) is 56.7. The molecule has 6 rings (SSSR count). The SMILES string of the molecule is C.CCS(=O)(=O)Cl.CCS(=O)(=O)N1[C@@H]2CCC[C@H]1CC(N(C)C(=O)OC(C)(C)C)C2.CCS(=O)(=O)N1[C@@H]2CCC[C@H]1CC(NC)C2.CN(C(=O)OC(C)(C)C)C1C[C@H]2CCC[C@@H](C1)C2.I.II(I)I. The summed E-state index contributed by atoms with van der Waals surface area (Å²) in [6, 6.07) is 1.46. The number of amides is 2. The Kier molecular flexibility index (Phi) is 33.2. The van der Waals surface area contributed by atoms with Crippen molar-refractivity contribution in [1.29, 1.82) is 0 Å². The van der Waals surface area contributed by atoms with Crippen LogP contribution in [-0.4, -0.2) is 148 Å². The average Bonchev–Trinajstić information content (AvgIpc) is 3.21. The minimum absolute atomic E-state index is 0. The predicted octanol–water partition coefficient (Wildman–Crippen LogP) is 12.7. The Morgan fingerprint density at radius 2 is 0.899 bits per heavy atom. The van der Waals surface area contributed by atoms with Crippen molar-refractivity contribution in [3.05, 3.63) is 0 Å². The number of piperidine rings is 4. The number of nitrogens with one attached hydrogen (secondary N) is 1. The summed E-state index contributed by atoms with van der Waals surface area (Å²) in [5.41, 5.74) is -0.913. The number of sulfonamides is 2. The third kappa shape index (κ3) is 25.5. The third-order valence-corrected chi connectivity index (χ3v) is 18.8. The van der Waals surface area contributed by atoms with E-state index in [0.717, 1.165) is 56.8 Å². The number of hydrogen-bond acceptors (Lipinski definition) is 11. The van der Waals surface area contributed by atoms with E-state index in [1.54, 1.807) is 30.1 Å². The van der Waals surface area contributed by atoms with Gasteiger partial charge in [-0.05, 0) is 145 Å². The van der Waals surface area contributed by atoms with Gasteiger partial charge in [0.25, 0.3) is 0 Å². The van der Waals surface area contributed by atoms with Crippen molar-refractivity contribution in [3.8, 4) is 0 Å². The van der Waals surface area contributed by atoms with E-state index in [1.807, 2.05) is 64.8 Å². The number of halogens is 6. The van der Waals surface area contributed by atoms with Gasteiger partial charge in [0.05, 0.1) is 17.3 Å². The van der Waals surface area contributed by atoms with E-state index in [1.165, 1.54) is 51.9 Å². The molecule has 4 aliphatic heterocycles. The quantitative estimate of drug-likeness (QED) is 0.180. The average molecular weight is 1630 g/mol. The first-order valence-corrected chi connectivity index (χ1v) is 48.6. The van der Waals surface area contributed by atoms with Gasteiger partial charge in [-0.1, -0.05) is 46.5 Å². The third-order valence-electron chi connectivity index (χ3n) is 13.5. The second kappa shape index (κ2) is 32.2. The molecule has 0 aromatic carbocycles. The van der Waals surface area contributed by atoms with Crippen LogP contribution in [0.4, 0.5) is 9.59 Å². The van der Waals surface area contributed by atoms with E-state index < -0.39 is 40.3 Å². The number of rotatable bonds is 8. The molecule has 2 aliphatic carbocycles. The van der Waals surface area contributed by atoms with Gasteiger partial charge >= 0.3 is 75.9 Å². The summed E-state index contributed by atoms with van der Waals surface area (Å²) >= 11 is 7.42. The van der Waals surface area contributed by atoms with Gasteiger partial charge in [0.1, 0.15) is 11.2 Å². The van der Waals surface area contributed by atoms with Crippen LogP contribution in [0.3, 0.4) is 0 Å². The van der Waals surface area contributed by atoms with Crippen molar-refractivity contribution in [1.82, 2.24) is 23.7 Å². The van der Waals surface area contributed by atoms with Crippen molar-refractivity contribution in [3.63, 3.8) is 0 Å². The maximum absolute atomic E-state index is 12.4. The van der Waals surface area contributed by atoms with Gasteiger partial charge in [-0.2, -0.15) is 8.61 Å². The van der Waals surface area contributed by atoms with Gasteiger partial charge in [-0.3, -0.25) is 0 Å². The summed E-state index contributed by atoms with van der Waals surface area (Å²) in [5, 5.41) is 3.30. The maximum atomic E-state index is 12.4. The number of nitrogens with zero attached hydrogens (tertiary/aromatic N) is 4. The number of hydrogen-bond donors (Lipinski definition) is 1. The van der Waals surface area contributed by atoms with Crippen molar-refractivity contribution < 1.29 is 44.3 Å². The first-order valence-electron chi connectivity index (χ1n) is 24.0. The molecule has 4 saturated heterocycles. The van der Waals surface area contributed by atoms with E-state index in [0.29, 0.717) is 24.9 Å². The molecule has 0 spiro atoms. The van der Waals surface area contributed by atoms with Crippen LogP contribution in [0.5, 0.6) is 0 Å². The van der Waals surface area contributed by atoms with Crippen molar-refractivity contribution in [2.45, 2.75) is 226 Å². The topological polar surface area (TPSA) is 180 Å². The molecule has 0 radical (unpaired) electrons. The summed E-state index contributed by atoms with van der Waals surface area (Å²) in [7, 11) is 0.602. The molecule has 1 N–H and O–H groups in total. The summed E-state index contributed by atoms with van der Waals surface area (Å²) in [5.74, 6) is 2.07. The van der Waals surface area contributed by atoms with E-state index in [-0.39, 0.29) is 99.0 Å². The number of carbonyl (C=O) groups excluding carboxylic acids is 2. The number of ether oxygens (including phenoxy) is 2. The molecule has 2 amide bonds. The molecule has 69 heavy (non-hydrogen) atoms. The van der Waals surface area contributed by atoms with Gasteiger partial charge < -0.3 is 24.6 Å². The Morgan fingerprint density at radius 1 is 0.609 bits per heavy atom. The molecule has 4 heterocycles. The van der Waals surface area contributed by atoms with Crippen LogP contribution >= 0.6 is 98.4 Å². The Labute approximate surface area is 477 Å². The fourth-order valence-corrected chi connectivity index (χ4v) is 13.6. The van der Waals surface area contributed by atoms with Gasteiger partial charge in [0.2, 0.25) is 29.1 Å². The molecule has 15 nitrogen and oxygen atoms in total. The molecular formula is C45H89ClI5N5O10S3. The Morgan fingerprint density at radius 3 is 1.17 bits per heavy atom. The molecule has 6 fully saturated rings. The Hall–Kier alpha value is 2.21. The number of fused-ring (bicyclic) bond motifs is 6. The Bertz CT molecular complexity index is 1840. The number of carbonyl (C=O) groups is 2. The zero-order valence-electron chi connectivity index (χ0n) is 42.5. The van der Waals surface area contributed by atoms with E-state index >= 15 is 0 Å². The summed E-state index contributed by atoms with van der Waals surface area (Å²) in [6.07, 6.45) is 16.8. The standard InChI is InChI=1S/C16H30N2O4S.C15H27NO2.C11H22N2O2S.C2H5ClO2S.CH4.I4.HI/c1-6-23(20,21)18-12-8-7-9-13(18)11-14(10-12)17(5)15(19)22-16(2,3)4;1-15(2,3)18-14(17)16(4)13-9-11-6-5-7-12(8-11)10-13;1-3-16(14,15)13-10-5-4-6-11(13)8-9(7-10)12-2;1-2-6(3,4)5;;1-4(2)3;/h12-14H,6-11H2,1-5H3;11-13H,5-10H2,1-4H3;9-12H,3-8H2,1-2H3;2H2,1H3;1H4;;1H/t12-,13+,14?;11-,12+,13?;9?,10-,11+;;;;. The van der Waals surface area contributed by atoms with Crippen LogP contribution in [0, 0.1) is 11.8 Å².